The average Bonchev–Trinajstić information content (AvgIpc) is 2.96. The molecule has 3 aliphatic rings. The van der Waals surface area contributed by atoms with Crippen molar-refractivity contribution < 1.29 is 4.79 Å². The molecular weight excluding hydrogens is 210 g/mol. The minimum Gasteiger partial charge on any atom is -0.339 e. The van der Waals surface area contributed by atoms with Gasteiger partial charge in [0.15, 0.2) is 0 Å². The van der Waals surface area contributed by atoms with Crippen molar-refractivity contribution in [1.82, 2.24) is 4.90 Å². The normalized spacial score (nSPS) is 35.9. The van der Waals surface area contributed by atoms with Crippen molar-refractivity contribution in [2.24, 2.45) is 11.3 Å². The third kappa shape index (κ3) is 1.90. The Labute approximate surface area is 105 Å². The van der Waals surface area contributed by atoms with E-state index in [1.165, 1.54) is 44.9 Å². The smallest absolute Gasteiger partial charge is 0.228 e. The Hall–Kier alpha value is -0.530. The number of likely N-dealkylation sites (tertiary alicyclic amines) is 1. The SMILES string of the molecule is CC1(C(=O)N2CCCC3CCCC32)CCCC1. The highest BCUT2D eigenvalue weighted by atomic mass is 16.2. The van der Waals surface area contributed by atoms with Crippen LogP contribution >= 0.6 is 0 Å². The molecule has 2 heteroatoms. The fraction of sp³-hybridized carbons (Fsp3) is 0.933. The first kappa shape index (κ1) is 11.6. The quantitative estimate of drug-likeness (QED) is 0.682. The number of rotatable bonds is 1. The molecule has 2 nitrogen and oxygen atoms in total. The van der Waals surface area contributed by atoms with Crippen LogP contribution in [0, 0.1) is 11.3 Å². The molecule has 0 bridgehead atoms. The number of hydrogen-bond donors (Lipinski definition) is 0. The van der Waals surface area contributed by atoms with E-state index in [0.29, 0.717) is 11.9 Å². The van der Waals surface area contributed by atoms with Crippen LogP contribution < -0.4 is 0 Å². The minimum atomic E-state index is -0.00944. The summed E-state index contributed by atoms with van der Waals surface area (Å²) in [6.45, 7) is 3.25. The van der Waals surface area contributed by atoms with Gasteiger partial charge in [-0.25, -0.2) is 0 Å². The number of nitrogens with zero attached hydrogens (tertiary/aromatic N) is 1. The lowest BCUT2D eigenvalue weighted by Gasteiger charge is -2.41. The summed E-state index contributed by atoms with van der Waals surface area (Å²) in [5, 5.41) is 0. The maximum Gasteiger partial charge on any atom is 0.228 e. The number of carbonyl (C=O) groups is 1. The van der Waals surface area contributed by atoms with E-state index in [9.17, 15) is 4.79 Å². The van der Waals surface area contributed by atoms with Gasteiger partial charge in [0.2, 0.25) is 5.91 Å². The molecule has 2 saturated carbocycles. The van der Waals surface area contributed by atoms with Crippen molar-refractivity contribution in [3.8, 4) is 0 Å². The molecule has 17 heavy (non-hydrogen) atoms. The van der Waals surface area contributed by atoms with E-state index in [0.717, 1.165) is 25.3 Å². The van der Waals surface area contributed by atoms with Crippen LogP contribution in [0.2, 0.25) is 0 Å². The molecule has 0 aromatic carbocycles. The Morgan fingerprint density at radius 3 is 2.53 bits per heavy atom. The van der Waals surface area contributed by atoms with E-state index in [2.05, 4.69) is 11.8 Å². The molecule has 0 N–H and O–H groups in total. The highest BCUT2D eigenvalue weighted by molar-refractivity contribution is 5.83. The fourth-order valence-corrected chi connectivity index (χ4v) is 4.42. The molecule has 0 aromatic heterocycles. The number of carbonyl (C=O) groups excluding carboxylic acids is 1. The Balaban J connectivity index is 1.76. The molecule has 0 radical (unpaired) electrons. The van der Waals surface area contributed by atoms with Gasteiger partial charge in [0.1, 0.15) is 0 Å². The van der Waals surface area contributed by atoms with Gasteiger partial charge in [-0.15, -0.1) is 0 Å². The van der Waals surface area contributed by atoms with E-state index < -0.39 is 0 Å². The molecule has 0 spiro atoms. The molecule has 2 aliphatic carbocycles. The Morgan fingerprint density at radius 2 is 1.76 bits per heavy atom. The van der Waals surface area contributed by atoms with Gasteiger partial charge < -0.3 is 4.90 Å². The predicted octanol–water partition coefficient (Wildman–Crippen LogP) is 3.36. The zero-order chi connectivity index (χ0) is 11.9. The maximum absolute atomic E-state index is 12.8. The standard InChI is InChI=1S/C15H25NO/c1-15(9-2-3-10-15)14(17)16-11-5-7-12-6-4-8-13(12)16/h12-13H,2-11H2,1H3. The molecule has 0 aromatic rings. The molecule has 2 unspecified atom stereocenters. The Kier molecular flexibility index (Phi) is 2.92. The Morgan fingerprint density at radius 1 is 1.06 bits per heavy atom. The molecule has 1 heterocycles. The summed E-state index contributed by atoms with van der Waals surface area (Å²) < 4.78 is 0. The van der Waals surface area contributed by atoms with Crippen molar-refractivity contribution in [2.45, 2.75) is 70.8 Å². The molecule has 2 atom stereocenters. The van der Waals surface area contributed by atoms with E-state index in [1.807, 2.05) is 0 Å². The van der Waals surface area contributed by atoms with Gasteiger partial charge in [-0.1, -0.05) is 26.2 Å². The second-order valence-electron chi connectivity index (χ2n) is 6.67. The molecule has 96 valence electrons. The minimum absolute atomic E-state index is 0.00944. The van der Waals surface area contributed by atoms with Gasteiger partial charge in [-0.2, -0.15) is 0 Å². The lowest BCUT2D eigenvalue weighted by atomic mass is 9.84. The number of fused-ring (bicyclic) bond motifs is 1. The zero-order valence-corrected chi connectivity index (χ0v) is 11.1. The van der Waals surface area contributed by atoms with Gasteiger partial charge in [0.05, 0.1) is 0 Å². The molecule has 1 saturated heterocycles. The largest absolute Gasteiger partial charge is 0.339 e. The summed E-state index contributed by atoms with van der Waals surface area (Å²) in [7, 11) is 0. The zero-order valence-electron chi connectivity index (χ0n) is 11.1. The third-order valence-electron chi connectivity index (χ3n) is 5.48. The van der Waals surface area contributed by atoms with E-state index in [1.54, 1.807) is 0 Å². The van der Waals surface area contributed by atoms with Gasteiger partial charge >= 0.3 is 0 Å². The summed E-state index contributed by atoms with van der Waals surface area (Å²) in [6, 6.07) is 0.605. The summed E-state index contributed by atoms with van der Waals surface area (Å²) in [5.41, 5.74) is -0.00944. The van der Waals surface area contributed by atoms with Crippen molar-refractivity contribution in [3.63, 3.8) is 0 Å². The summed E-state index contributed by atoms with van der Waals surface area (Å²) in [4.78, 5) is 15.1. The van der Waals surface area contributed by atoms with E-state index >= 15 is 0 Å². The lowest BCUT2D eigenvalue weighted by molar-refractivity contribution is -0.145. The summed E-state index contributed by atoms with van der Waals surface area (Å²) in [6.07, 6.45) is 11.3. The first-order chi connectivity index (χ1) is 8.21. The van der Waals surface area contributed by atoms with Crippen LogP contribution in [0.4, 0.5) is 0 Å². The van der Waals surface area contributed by atoms with Gasteiger partial charge in [-0.05, 0) is 44.4 Å². The van der Waals surface area contributed by atoms with Crippen molar-refractivity contribution in [2.75, 3.05) is 6.54 Å². The van der Waals surface area contributed by atoms with Crippen LogP contribution in [0.15, 0.2) is 0 Å². The first-order valence-electron chi connectivity index (χ1n) is 7.52. The fourth-order valence-electron chi connectivity index (χ4n) is 4.42. The van der Waals surface area contributed by atoms with Gasteiger partial charge in [-0.3, -0.25) is 4.79 Å². The molecule has 1 aliphatic heterocycles. The van der Waals surface area contributed by atoms with Crippen molar-refractivity contribution in [1.29, 1.82) is 0 Å². The second-order valence-corrected chi connectivity index (χ2v) is 6.67. The van der Waals surface area contributed by atoms with Crippen LogP contribution in [0.5, 0.6) is 0 Å². The molecular formula is C15H25NO. The third-order valence-corrected chi connectivity index (χ3v) is 5.48. The van der Waals surface area contributed by atoms with Crippen molar-refractivity contribution in [3.05, 3.63) is 0 Å². The molecule has 3 rings (SSSR count). The topological polar surface area (TPSA) is 20.3 Å². The number of hydrogen-bond acceptors (Lipinski definition) is 1. The maximum atomic E-state index is 12.8. The van der Waals surface area contributed by atoms with Crippen LogP contribution in [0.3, 0.4) is 0 Å². The predicted molar refractivity (Wildman–Crippen MR) is 68.7 cm³/mol. The average molecular weight is 235 g/mol. The summed E-state index contributed by atoms with van der Waals surface area (Å²) in [5.74, 6) is 1.32. The Bertz CT molecular complexity index is 306. The van der Waals surface area contributed by atoms with E-state index in [-0.39, 0.29) is 5.41 Å². The summed E-state index contributed by atoms with van der Waals surface area (Å²) >= 11 is 0. The molecule has 3 fully saturated rings. The first-order valence-corrected chi connectivity index (χ1v) is 7.52. The number of amides is 1. The van der Waals surface area contributed by atoms with Crippen LogP contribution in [-0.4, -0.2) is 23.4 Å². The second kappa shape index (κ2) is 4.29. The van der Waals surface area contributed by atoms with Crippen LogP contribution in [0.1, 0.15) is 64.7 Å². The number of piperidine rings is 1. The van der Waals surface area contributed by atoms with Crippen LogP contribution in [0.25, 0.3) is 0 Å². The highest BCUT2D eigenvalue weighted by Gasteiger charge is 2.44. The van der Waals surface area contributed by atoms with Crippen LogP contribution in [-0.2, 0) is 4.79 Å². The van der Waals surface area contributed by atoms with E-state index in [4.69, 9.17) is 0 Å². The monoisotopic (exact) mass is 235 g/mol. The van der Waals surface area contributed by atoms with Gasteiger partial charge in [0, 0.05) is 18.0 Å². The van der Waals surface area contributed by atoms with Crippen molar-refractivity contribution >= 4 is 5.91 Å². The lowest BCUT2D eigenvalue weighted by Crippen LogP contribution is -2.51. The van der Waals surface area contributed by atoms with Gasteiger partial charge in [0.25, 0.3) is 0 Å². The molecule has 1 amide bonds. The highest BCUT2D eigenvalue weighted by Crippen LogP contribution is 2.43.